The molecule has 9 nitrogen and oxygen atoms in total. The minimum absolute atomic E-state index is 0. The number of carbonyl (C=O) groups is 2. The molecule has 0 spiro atoms. The molecule has 0 atom stereocenters. The van der Waals surface area contributed by atoms with E-state index in [9.17, 15) is 9.59 Å². The Bertz CT molecular complexity index is 1100. The van der Waals surface area contributed by atoms with Gasteiger partial charge in [-0.15, -0.1) is 24.8 Å². The number of piperazine rings is 1. The molecule has 4 heterocycles. The number of aromatic nitrogens is 3. The number of carbonyl (C=O) groups excluding carboxylic acids is 1. The van der Waals surface area contributed by atoms with Gasteiger partial charge in [0.1, 0.15) is 18.2 Å². The van der Waals surface area contributed by atoms with Crippen LogP contribution in [0.3, 0.4) is 0 Å². The third-order valence-corrected chi connectivity index (χ3v) is 5.66. The maximum Gasteiger partial charge on any atom is 0.323 e. The average Bonchev–Trinajstić information content (AvgIpc) is 3.20. The maximum absolute atomic E-state index is 12.2. The van der Waals surface area contributed by atoms with Crippen LogP contribution in [-0.2, 0) is 9.59 Å². The number of carboxylic acids is 1. The van der Waals surface area contributed by atoms with Gasteiger partial charge in [0.2, 0.25) is 5.91 Å². The number of hydrogen-bond donors (Lipinski definition) is 2. The van der Waals surface area contributed by atoms with Gasteiger partial charge in [0.15, 0.2) is 5.13 Å². The highest BCUT2D eigenvalue weighted by Crippen LogP contribution is 2.31. The van der Waals surface area contributed by atoms with Gasteiger partial charge < -0.3 is 20.2 Å². The predicted molar refractivity (Wildman–Crippen MR) is 129 cm³/mol. The Morgan fingerprint density at radius 1 is 1.19 bits per heavy atom. The van der Waals surface area contributed by atoms with Crippen LogP contribution in [0.25, 0.3) is 10.6 Å². The summed E-state index contributed by atoms with van der Waals surface area (Å²) in [6.07, 6.45) is 3.49. The second kappa shape index (κ2) is 11.1. The van der Waals surface area contributed by atoms with Crippen LogP contribution in [0.4, 0.5) is 16.8 Å². The van der Waals surface area contributed by atoms with E-state index in [1.54, 1.807) is 12.4 Å². The fourth-order valence-electron chi connectivity index (χ4n) is 3.11. The van der Waals surface area contributed by atoms with E-state index in [-0.39, 0.29) is 43.8 Å². The van der Waals surface area contributed by atoms with Crippen molar-refractivity contribution in [3.63, 3.8) is 0 Å². The molecule has 0 aromatic carbocycles. The number of nitrogens with one attached hydrogen (secondary N) is 1. The van der Waals surface area contributed by atoms with Gasteiger partial charge in [-0.1, -0.05) is 17.4 Å². The lowest BCUT2D eigenvalue weighted by atomic mass is 10.3. The summed E-state index contributed by atoms with van der Waals surface area (Å²) in [5, 5.41) is 12.8. The largest absolute Gasteiger partial charge is 0.480 e. The Balaban J connectivity index is 0.00000181. The van der Waals surface area contributed by atoms with Crippen molar-refractivity contribution >= 4 is 64.8 Å². The van der Waals surface area contributed by atoms with Crippen LogP contribution < -0.4 is 10.2 Å². The molecule has 3 aromatic heterocycles. The summed E-state index contributed by atoms with van der Waals surface area (Å²) < 4.78 is 0. The zero-order chi connectivity index (χ0) is 21.1. The van der Waals surface area contributed by atoms with Crippen molar-refractivity contribution in [2.45, 2.75) is 6.92 Å². The van der Waals surface area contributed by atoms with E-state index in [1.807, 2.05) is 42.2 Å². The van der Waals surface area contributed by atoms with Gasteiger partial charge in [-0.3, -0.25) is 9.59 Å². The SMILES string of the molecule is Cc1ccnc(Nc2cccc(-c3cnc(N4CCN(CC(=O)O)C(=O)C4)s3)n2)c1.Cl.Cl. The average molecular weight is 497 g/mol. The number of pyridine rings is 2. The number of aliphatic carboxylic acids is 1. The molecule has 0 saturated carbocycles. The van der Waals surface area contributed by atoms with Gasteiger partial charge in [-0.25, -0.2) is 15.0 Å². The predicted octanol–water partition coefficient (Wildman–Crippen LogP) is 3.23. The maximum atomic E-state index is 12.2. The fraction of sp³-hybridized carbons (Fsp3) is 0.250. The Hall–Kier alpha value is -2.95. The van der Waals surface area contributed by atoms with E-state index in [4.69, 9.17) is 5.11 Å². The summed E-state index contributed by atoms with van der Waals surface area (Å²) in [6, 6.07) is 9.56. The Morgan fingerprint density at radius 3 is 2.72 bits per heavy atom. The summed E-state index contributed by atoms with van der Waals surface area (Å²) in [7, 11) is 0. The summed E-state index contributed by atoms with van der Waals surface area (Å²) in [5.74, 6) is 0.185. The molecule has 0 bridgehead atoms. The Kier molecular flexibility index (Phi) is 8.76. The highest BCUT2D eigenvalue weighted by molar-refractivity contribution is 7.18. The third-order valence-electron chi connectivity index (χ3n) is 4.58. The lowest BCUT2D eigenvalue weighted by Gasteiger charge is -2.33. The molecule has 1 fully saturated rings. The zero-order valence-corrected chi connectivity index (χ0v) is 19.5. The summed E-state index contributed by atoms with van der Waals surface area (Å²) in [6.45, 7) is 2.76. The number of halogens is 2. The summed E-state index contributed by atoms with van der Waals surface area (Å²) >= 11 is 1.45. The highest BCUT2D eigenvalue weighted by Gasteiger charge is 2.27. The highest BCUT2D eigenvalue weighted by atomic mass is 35.5. The number of nitrogens with zero attached hydrogens (tertiary/aromatic N) is 5. The van der Waals surface area contributed by atoms with Gasteiger partial charge in [-0.05, 0) is 36.8 Å². The second-order valence-electron chi connectivity index (χ2n) is 6.89. The van der Waals surface area contributed by atoms with Crippen molar-refractivity contribution in [2.24, 2.45) is 0 Å². The van der Waals surface area contributed by atoms with Crippen LogP contribution in [0, 0.1) is 6.92 Å². The molecule has 1 aliphatic heterocycles. The van der Waals surface area contributed by atoms with E-state index < -0.39 is 5.97 Å². The number of anilines is 3. The Labute approximate surface area is 201 Å². The molecule has 0 aliphatic carbocycles. The molecule has 4 rings (SSSR count). The van der Waals surface area contributed by atoms with Crippen molar-refractivity contribution in [3.8, 4) is 10.6 Å². The van der Waals surface area contributed by atoms with Crippen molar-refractivity contribution < 1.29 is 14.7 Å². The fourth-order valence-corrected chi connectivity index (χ4v) is 4.02. The first kappa shape index (κ1) is 25.3. The minimum atomic E-state index is -1.01. The number of aryl methyl sites for hydroxylation is 1. The number of hydrogen-bond acceptors (Lipinski definition) is 8. The molecule has 2 N–H and O–H groups in total. The van der Waals surface area contributed by atoms with E-state index in [2.05, 4.69) is 20.3 Å². The van der Waals surface area contributed by atoms with Gasteiger partial charge >= 0.3 is 5.97 Å². The molecule has 1 amide bonds. The number of carboxylic acid groups (broad SMARTS) is 1. The lowest BCUT2D eigenvalue weighted by Crippen LogP contribution is -2.51. The zero-order valence-electron chi connectivity index (χ0n) is 17.1. The van der Waals surface area contributed by atoms with Crippen LogP contribution in [-0.4, -0.2) is 63.0 Å². The van der Waals surface area contributed by atoms with Crippen LogP contribution >= 0.6 is 36.2 Å². The lowest BCUT2D eigenvalue weighted by molar-refractivity contribution is -0.144. The van der Waals surface area contributed by atoms with Gasteiger partial charge in [0.25, 0.3) is 0 Å². The molecule has 1 aliphatic rings. The molecule has 0 unspecified atom stereocenters. The Morgan fingerprint density at radius 2 is 2.00 bits per heavy atom. The molecule has 3 aromatic rings. The van der Waals surface area contributed by atoms with E-state index in [0.29, 0.717) is 24.0 Å². The van der Waals surface area contributed by atoms with Gasteiger partial charge in [0.05, 0.1) is 17.1 Å². The molecule has 12 heteroatoms. The normalized spacial score (nSPS) is 13.2. The molecular formula is C20H22Cl2N6O3S. The van der Waals surface area contributed by atoms with Crippen LogP contribution in [0.5, 0.6) is 0 Å². The first-order valence-electron chi connectivity index (χ1n) is 9.35. The number of rotatable bonds is 6. The quantitative estimate of drug-likeness (QED) is 0.534. The summed E-state index contributed by atoms with van der Waals surface area (Å²) in [4.78, 5) is 40.5. The molecule has 0 radical (unpaired) electrons. The first-order valence-corrected chi connectivity index (χ1v) is 10.2. The molecule has 32 heavy (non-hydrogen) atoms. The van der Waals surface area contributed by atoms with Crippen molar-refractivity contribution in [3.05, 3.63) is 48.3 Å². The van der Waals surface area contributed by atoms with E-state index in [1.165, 1.54) is 16.2 Å². The standard InChI is InChI=1S/C20H20N6O3S.2ClH/c1-13-5-6-21-17(9-13)24-16-4-2-3-14(23-16)15-10-22-20(30-15)26-8-7-25(12-19(28)29)18(27)11-26;;/h2-6,9-10H,7-8,11-12H2,1H3,(H,28,29)(H,21,23,24);2*1H. The molecule has 1 saturated heterocycles. The first-order chi connectivity index (χ1) is 14.5. The number of thiazole rings is 1. The minimum Gasteiger partial charge on any atom is -0.480 e. The van der Waals surface area contributed by atoms with E-state index >= 15 is 0 Å². The van der Waals surface area contributed by atoms with Crippen molar-refractivity contribution in [1.82, 2.24) is 19.9 Å². The van der Waals surface area contributed by atoms with Gasteiger partial charge in [-0.2, -0.15) is 0 Å². The molecule has 170 valence electrons. The monoisotopic (exact) mass is 496 g/mol. The van der Waals surface area contributed by atoms with Crippen LogP contribution in [0.15, 0.2) is 42.7 Å². The topological polar surface area (TPSA) is 112 Å². The van der Waals surface area contributed by atoms with Crippen LogP contribution in [0.2, 0.25) is 0 Å². The van der Waals surface area contributed by atoms with Gasteiger partial charge in [0, 0.05) is 25.5 Å². The third kappa shape index (κ3) is 6.06. The smallest absolute Gasteiger partial charge is 0.323 e. The van der Waals surface area contributed by atoms with Crippen LogP contribution in [0.1, 0.15) is 5.56 Å². The number of amides is 1. The van der Waals surface area contributed by atoms with E-state index in [0.717, 1.165) is 22.0 Å². The summed E-state index contributed by atoms with van der Waals surface area (Å²) in [5.41, 5.74) is 1.88. The second-order valence-corrected chi connectivity index (χ2v) is 7.90. The van der Waals surface area contributed by atoms with Crippen molar-refractivity contribution in [2.75, 3.05) is 36.4 Å². The molecular weight excluding hydrogens is 475 g/mol. The van der Waals surface area contributed by atoms with Crippen molar-refractivity contribution in [1.29, 1.82) is 0 Å².